The summed E-state index contributed by atoms with van der Waals surface area (Å²) in [5.41, 5.74) is 0.948. The molecule has 4 rings (SSSR count). The lowest BCUT2D eigenvalue weighted by molar-refractivity contribution is -0.118. The van der Waals surface area contributed by atoms with Gasteiger partial charge in [0.15, 0.2) is 11.5 Å². The van der Waals surface area contributed by atoms with Crippen LogP contribution in [0.15, 0.2) is 42.5 Å². The van der Waals surface area contributed by atoms with Crippen LogP contribution in [0.1, 0.15) is 48.9 Å². The van der Waals surface area contributed by atoms with Gasteiger partial charge < -0.3 is 20.1 Å². The summed E-state index contributed by atoms with van der Waals surface area (Å²) in [4.78, 5) is 25.7. The fraction of sp³-hybridized carbons (Fsp3) is 0.417. The quantitative estimate of drug-likeness (QED) is 0.572. The summed E-state index contributed by atoms with van der Waals surface area (Å²) in [7, 11) is 0. The fourth-order valence-corrected chi connectivity index (χ4v) is 4.77. The summed E-state index contributed by atoms with van der Waals surface area (Å²) in [5.74, 6) is 0.853. The van der Waals surface area contributed by atoms with E-state index in [1.807, 2.05) is 12.3 Å². The molecule has 2 aliphatic rings. The van der Waals surface area contributed by atoms with Gasteiger partial charge in [-0.3, -0.25) is 9.59 Å². The van der Waals surface area contributed by atoms with Gasteiger partial charge >= 0.3 is 0 Å². The number of nitrogens with one attached hydrogen (secondary N) is 2. The van der Waals surface area contributed by atoms with E-state index in [0.717, 1.165) is 31.4 Å². The number of benzene rings is 2. The molecule has 6 nitrogen and oxygen atoms in total. The van der Waals surface area contributed by atoms with Crippen molar-refractivity contribution in [2.24, 2.45) is 0 Å². The van der Waals surface area contributed by atoms with Gasteiger partial charge in [-0.15, -0.1) is 0 Å². The summed E-state index contributed by atoms with van der Waals surface area (Å²) in [6, 6.07) is 11.5. The van der Waals surface area contributed by atoms with Crippen LogP contribution in [-0.2, 0) is 4.79 Å². The number of halogens is 1. The number of rotatable bonds is 7. The van der Waals surface area contributed by atoms with Crippen LogP contribution < -0.4 is 20.1 Å². The van der Waals surface area contributed by atoms with Crippen LogP contribution in [0.4, 0.5) is 5.69 Å². The maximum Gasteiger partial charge on any atom is 0.253 e. The lowest BCUT2D eigenvalue weighted by atomic mass is 9.94. The molecular formula is C24H27ClN2O4S. The number of anilines is 1. The highest BCUT2D eigenvalue weighted by Crippen LogP contribution is 2.46. The van der Waals surface area contributed by atoms with Crippen molar-refractivity contribution in [2.75, 3.05) is 17.3 Å². The van der Waals surface area contributed by atoms with E-state index in [9.17, 15) is 9.59 Å². The first-order valence-corrected chi connectivity index (χ1v) is 12.6. The molecule has 2 aromatic rings. The van der Waals surface area contributed by atoms with Crippen molar-refractivity contribution in [2.45, 2.75) is 50.4 Å². The average molecular weight is 475 g/mol. The number of fused-ring (bicyclic) bond motifs is 1. The van der Waals surface area contributed by atoms with Crippen LogP contribution >= 0.6 is 23.4 Å². The van der Waals surface area contributed by atoms with Crippen molar-refractivity contribution in [3.8, 4) is 11.5 Å². The van der Waals surface area contributed by atoms with Crippen molar-refractivity contribution >= 4 is 40.9 Å². The lowest BCUT2D eigenvalue weighted by Gasteiger charge is -2.31. The molecule has 1 heterocycles. The fourth-order valence-electron chi connectivity index (χ4n) is 4.08. The largest absolute Gasteiger partial charge is 0.448 e. The Morgan fingerprint density at radius 3 is 2.59 bits per heavy atom. The summed E-state index contributed by atoms with van der Waals surface area (Å²) < 4.78 is 12.3. The first-order chi connectivity index (χ1) is 15.5. The van der Waals surface area contributed by atoms with Gasteiger partial charge in [0.25, 0.3) is 11.7 Å². The molecule has 2 aromatic carbocycles. The molecule has 1 aliphatic heterocycles. The molecule has 1 saturated carbocycles. The molecule has 170 valence electrons. The molecule has 1 spiro atoms. The van der Waals surface area contributed by atoms with Crippen LogP contribution in [0.2, 0.25) is 5.02 Å². The molecule has 32 heavy (non-hydrogen) atoms. The number of ether oxygens (including phenoxy) is 2. The van der Waals surface area contributed by atoms with E-state index in [2.05, 4.69) is 10.6 Å². The zero-order valence-corrected chi connectivity index (χ0v) is 19.6. The monoisotopic (exact) mass is 474 g/mol. The molecule has 0 saturated heterocycles. The molecule has 0 bridgehead atoms. The highest BCUT2D eigenvalue weighted by molar-refractivity contribution is 7.98. The Morgan fingerprint density at radius 2 is 1.84 bits per heavy atom. The molecule has 2 amide bonds. The second-order valence-corrected chi connectivity index (χ2v) is 9.51. The number of amides is 2. The minimum atomic E-state index is -0.693. The van der Waals surface area contributed by atoms with Crippen LogP contribution in [0, 0.1) is 0 Å². The van der Waals surface area contributed by atoms with Crippen molar-refractivity contribution in [3.05, 3.63) is 53.1 Å². The standard InChI is InChI=1S/C24H27ClN2O4S/c1-32-14-11-19(27-22(28)17-7-3-4-8-18(17)25)23(29)26-16-9-10-20-21(15-16)31-24(30-20)12-5-2-6-13-24/h3-4,7-10,15,19H,2,5-6,11-14H2,1H3,(H,26,29)(H,27,28). The van der Waals surface area contributed by atoms with E-state index in [4.69, 9.17) is 21.1 Å². The first-order valence-electron chi connectivity index (χ1n) is 10.9. The maximum absolute atomic E-state index is 13.0. The van der Waals surface area contributed by atoms with Crippen molar-refractivity contribution < 1.29 is 19.1 Å². The average Bonchev–Trinajstić information content (AvgIpc) is 3.13. The third kappa shape index (κ3) is 5.15. The number of hydrogen-bond donors (Lipinski definition) is 2. The topological polar surface area (TPSA) is 76.7 Å². The SMILES string of the molecule is CSCCC(NC(=O)c1ccccc1Cl)C(=O)Nc1ccc2c(c1)OC1(CCCCC1)O2. The summed E-state index contributed by atoms with van der Waals surface area (Å²) in [6.45, 7) is 0. The summed E-state index contributed by atoms with van der Waals surface area (Å²) >= 11 is 7.76. The highest BCUT2D eigenvalue weighted by Gasteiger charge is 2.42. The zero-order valence-electron chi connectivity index (χ0n) is 18.0. The van der Waals surface area contributed by atoms with Gasteiger partial charge in [0.2, 0.25) is 5.91 Å². The van der Waals surface area contributed by atoms with Crippen molar-refractivity contribution in [1.82, 2.24) is 5.32 Å². The van der Waals surface area contributed by atoms with Gasteiger partial charge in [-0.2, -0.15) is 11.8 Å². The minimum Gasteiger partial charge on any atom is -0.448 e. The van der Waals surface area contributed by atoms with E-state index >= 15 is 0 Å². The molecule has 0 radical (unpaired) electrons. The van der Waals surface area contributed by atoms with E-state index in [1.165, 1.54) is 6.42 Å². The van der Waals surface area contributed by atoms with Crippen LogP contribution in [-0.4, -0.2) is 35.7 Å². The van der Waals surface area contributed by atoms with Crippen LogP contribution in [0.5, 0.6) is 11.5 Å². The number of thioether (sulfide) groups is 1. The Hall–Kier alpha value is -2.38. The van der Waals surface area contributed by atoms with Gasteiger partial charge in [0.05, 0.1) is 10.6 Å². The third-order valence-electron chi connectivity index (χ3n) is 5.77. The molecule has 1 aliphatic carbocycles. The third-order valence-corrected chi connectivity index (χ3v) is 6.74. The normalized spacial score (nSPS) is 17.1. The maximum atomic E-state index is 13.0. The van der Waals surface area contributed by atoms with E-state index < -0.39 is 11.8 Å². The molecule has 1 fully saturated rings. The second-order valence-electron chi connectivity index (χ2n) is 8.11. The van der Waals surface area contributed by atoms with Gasteiger partial charge in [-0.05, 0) is 55.5 Å². The molecule has 2 N–H and O–H groups in total. The minimum absolute atomic E-state index is 0.286. The van der Waals surface area contributed by atoms with Crippen LogP contribution in [0.3, 0.4) is 0 Å². The molecular weight excluding hydrogens is 448 g/mol. The van der Waals surface area contributed by atoms with E-state index in [1.54, 1.807) is 48.2 Å². The Bertz CT molecular complexity index is 994. The lowest BCUT2D eigenvalue weighted by Crippen LogP contribution is -2.44. The summed E-state index contributed by atoms with van der Waals surface area (Å²) in [6.07, 6.45) is 7.56. The van der Waals surface area contributed by atoms with Crippen molar-refractivity contribution in [1.29, 1.82) is 0 Å². The van der Waals surface area contributed by atoms with Gasteiger partial charge in [-0.25, -0.2) is 0 Å². The highest BCUT2D eigenvalue weighted by atomic mass is 35.5. The molecule has 8 heteroatoms. The smallest absolute Gasteiger partial charge is 0.253 e. The molecule has 1 atom stereocenters. The van der Waals surface area contributed by atoms with Gasteiger partial charge in [0, 0.05) is 24.6 Å². The zero-order chi connectivity index (χ0) is 22.6. The Balaban J connectivity index is 1.44. The van der Waals surface area contributed by atoms with Gasteiger partial charge in [-0.1, -0.05) is 30.2 Å². The Labute approximate surface area is 197 Å². The van der Waals surface area contributed by atoms with E-state index in [-0.39, 0.29) is 11.8 Å². The number of carbonyl (C=O) groups excluding carboxylic acids is 2. The second kappa shape index (κ2) is 10.0. The van der Waals surface area contributed by atoms with Crippen molar-refractivity contribution in [3.63, 3.8) is 0 Å². The predicted molar refractivity (Wildman–Crippen MR) is 128 cm³/mol. The molecule has 1 unspecified atom stereocenters. The number of hydrogen-bond acceptors (Lipinski definition) is 5. The predicted octanol–water partition coefficient (Wildman–Crippen LogP) is 5.26. The Kier molecular flexibility index (Phi) is 7.16. The Morgan fingerprint density at radius 1 is 1.09 bits per heavy atom. The van der Waals surface area contributed by atoms with Crippen LogP contribution in [0.25, 0.3) is 0 Å². The van der Waals surface area contributed by atoms with E-state index in [0.29, 0.717) is 34.2 Å². The molecule has 0 aromatic heterocycles. The number of carbonyl (C=O) groups is 2. The summed E-state index contributed by atoms with van der Waals surface area (Å²) in [5, 5.41) is 6.08. The van der Waals surface area contributed by atoms with Gasteiger partial charge in [0.1, 0.15) is 6.04 Å². The first kappa shape index (κ1) is 22.8.